The van der Waals surface area contributed by atoms with Crippen LogP contribution in [0.5, 0.6) is 0 Å². The van der Waals surface area contributed by atoms with Crippen molar-refractivity contribution in [2.24, 2.45) is 0 Å². The van der Waals surface area contributed by atoms with Crippen molar-refractivity contribution in [3.8, 4) is 12.1 Å². The molecule has 0 aliphatic rings. The van der Waals surface area contributed by atoms with Crippen molar-refractivity contribution in [1.29, 1.82) is 10.5 Å². The number of carbonyl (C=O) groups is 1. The van der Waals surface area contributed by atoms with Crippen LogP contribution in [-0.2, 0) is 16.1 Å². The highest BCUT2D eigenvalue weighted by Gasteiger charge is 2.12. The number of aromatic nitrogens is 2. The van der Waals surface area contributed by atoms with E-state index in [1.54, 1.807) is 6.07 Å². The second kappa shape index (κ2) is 4.89. The van der Waals surface area contributed by atoms with Gasteiger partial charge < -0.3 is 9.30 Å². The van der Waals surface area contributed by atoms with Crippen LogP contribution >= 0.6 is 0 Å². The summed E-state index contributed by atoms with van der Waals surface area (Å²) in [6.45, 7) is -0.0314. The predicted molar refractivity (Wildman–Crippen MR) is 48.5 cm³/mol. The van der Waals surface area contributed by atoms with Crippen molar-refractivity contribution >= 4 is 5.78 Å². The number of ether oxygens (including phenoxy) is 1. The van der Waals surface area contributed by atoms with Gasteiger partial charge >= 0.3 is 0 Å². The number of nitriles is 2. The Morgan fingerprint density at radius 3 is 2.87 bits per heavy atom. The van der Waals surface area contributed by atoms with Crippen molar-refractivity contribution in [2.75, 3.05) is 13.7 Å². The van der Waals surface area contributed by atoms with Crippen molar-refractivity contribution < 1.29 is 9.53 Å². The summed E-state index contributed by atoms with van der Waals surface area (Å²) in [6.07, 6.45) is 1.30. The molecule has 1 aromatic heterocycles. The number of ketones is 1. The summed E-state index contributed by atoms with van der Waals surface area (Å²) in [7, 11) is 1.41. The highest BCUT2D eigenvalue weighted by Crippen LogP contribution is 2.04. The van der Waals surface area contributed by atoms with Crippen LogP contribution in [0.25, 0.3) is 0 Å². The molecule has 0 spiro atoms. The van der Waals surface area contributed by atoms with Gasteiger partial charge in [-0.25, -0.2) is 4.98 Å². The molecule has 1 aromatic rings. The van der Waals surface area contributed by atoms with Gasteiger partial charge in [0.1, 0.15) is 18.7 Å². The molecule has 0 N–H and O–H groups in total. The fourth-order valence-electron chi connectivity index (χ4n) is 1.10. The van der Waals surface area contributed by atoms with Gasteiger partial charge in [0, 0.05) is 7.11 Å². The van der Waals surface area contributed by atoms with E-state index in [9.17, 15) is 4.79 Å². The van der Waals surface area contributed by atoms with Crippen molar-refractivity contribution in [3.05, 3.63) is 17.7 Å². The first-order valence-electron chi connectivity index (χ1n) is 4.09. The molecule has 1 rings (SSSR count). The fraction of sp³-hybridized carbons (Fsp3) is 0.333. The quantitative estimate of drug-likeness (QED) is 0.679. The molecule has 0 aromatic carbocycles. The summed E-state index contributed by atoms with van der Waals surface area (Å²) in [5, 5.41) is 17.4. The number of hydrogen-bond donors (Lipinski definition) is 0. The second-order valence-corrected chi connectivity index (χ2v) is 2.76. The highest BCUT2D eigenvalue weighted by atomic mass is 16.5. The van der Waals surface area contributed by atoms with Gasteiger partial charge in [0.25, 0.3) is 0 Å². The lowest BCUT2D eigenvalue weighted by Gasteiger charge is -2.01. The first kappa shape index (κ1) is 10.9. The number of methoxy groups -OCH3 is 1. The number of carbonyl (C=O) groups excluding carboxylic acids is 1. The van der Waals surface area contributed by atoms with Crippen LogP contribution in [0.2, 0.25) is 0 Å². The summed E-state index contributed by atoms with van der Waals surface area (Å²) < 4.78 is 5.98. The minimum atomic E-state index is -0.184. The zero-order chi connectivity index (χ0) is 11.3. The number of Topliss-reactive ketones (excluding diaryl/α,β-unsaturated/α-hetero) is 1. The monoisotopic (exact) mass is 204 g/mol. The average molecular weight is 204 g/mol. The molecular formula is C9H8N4O2. The van der Waals surface area contributed by atoms with Gasteiger partial charge in [-0.3, -0.25) is 4.79 Å². The molecule has 76 valence electrons. The first-order chi connectivity index (χ1) is 7.22. The van der Waals surface area contributed by atoms with Gasteiger partial charge in [-0.15, -0.1) is 0 Å². The van der Waals surface area contributed by atoms with Crippen LogP contribution in [0.1, 0.15) is 11.4 Å². The van der Waals surface area contributed by atoms with Gasteiger partial charge in [0.2, 0.25) is 0 Å². The lowest BCUT2D eigenvalue weighted by molar-refractivity contribution is -0.123. The first-order valence-corrected chi connectivity index (χ1v) is 4.09. The molecule has 0 saturated heterocycles. The molecule has 0 amide bonds. The maximum Gasteiger partial charge on any atom is 0.178 e. The summed E-state index contributed by atoms with van der Waals surface area (Å²) in [4.78, 5) is 14.9. The molecule has 0 unspecified atom stereocenters. The Labute approximate surface area is 86.3 Å². The average Bonchev–Trinajstić information content (AvgIpc) is 2.60. The predicted octanol–water partition coefficient (Wildman–Crippen LogP) is -0.158. The summed E-state index contributed by atoms with van der Waals surface area (Å²) in [5.41, 5.74) is 0.129. The van der Waals surface area contributed by atoms with E-state index >= 15 is 0 Å². The topological polar surface area (TPSA) is 91.7 Å². The third-order valence-corrected chi connectivity index (χ3v) is 1.70. The fourth-order valence-corrected chi connectivity index (χ4v) is 1.10. The SMILES string of the molecule is COCC(=O)Cn1cnc(C#N)c1C#N. The molecular weight excluding hydrogens is 196 g/mol. The number of nitrogens with zero attached hydrogens (tertiary/aromatic N) is 4. The Balaban J connectivity index is 2.88. The standard InChI is InChI=1S/C9H8N4O2/c1-15-5-7(14)4-13-6-12-8(2-10)9(13)3-11/h6H,4-5H2,1H3. The zero-order valence-corrected chi connectivity index (χ0v) is 8.10. The van der Waals surface area contributed by atoms with E-state index in [-0.39, 0.29) is 30.3 Å². The van der Waals surface area contributed by atoms with Crippen molar-refractivity contribution in [1.82, 2.24) is 9.55 Å². The Bertz CT molecular complexity index is 450. The van der Waals surface area contributed by atoms with Crippen LogP contribution in [0.3, 0.4) is 0 Å². The minimum Gasteiger partial charge on any atom is -0.377 e. The maximum atomic E-state index is 11.2. The summed E-state index contributed by atoms with van der Waals surface area (Å²) >= 11 is 0. The van der Waals surface area contributed by atoms with Gasteiger partial charge in [-0.2, -0.15) is 10.5 Å². The van der Waals surface area contributed by atoms with Crippen molar-refractivity contribution in [2.45, 2.75) is 6.54 Å². The molecule has 0 aliphatic heterocycles. The zero-order valence-electron chi connectivity index (χ0n) is 8.10. The van der Waals surface area contributed by atoms with E-state index in [1.165, 1.54) is 18.0 Å². The molecule has 0 radical (unpaired) electrons. The van der Waals surface area contributed by atoms with Crippen LogP contribution in [0.4, 0.5) is 0 Å². The third kappa shape index (κ3) is 2.39. The number of imidazole rings is 1. The Kier molecular flexibility index (Phi) is 3.55. The number of hydrogen-bond acceptors (Lipinski definition) is 5. The molecule has 0 fully saturated rings. The Morgan fingerprint density at radius 2 is 2.33 bits per heavy atom. The van der Waals surface area contributed by atoms with Crippen LogP contribution in [0.15, 0.2) is 6.33 Å². The molecule has 6 nitrogen and oxygen atoms in total. The van der Waals surface area contributed by atoms with Gasteiger partial charge in [-0.05, 0) is 0 Å². The van der Waals surface area contributed by atoms with Gasteiger partial charge in [-0.1, -0.05) is 0 Å². The molecule has 1 heterocycles. The normalized spacial score (nSPS) is 9.27. The Hall–Kier alpha value is -2.18. The molecule has 0 atom stereocenters. The van der Waals surface area contributed by atoms with Crippen LogP contribution < -0.4 is 0 Å². The minimum absolute atomic E-state index is 0.00852. The lowest BCUT2D eigenvalue weighted by atomic mass is 10.3. The van der Waals surface area contributed by atoms with E-state index in [4.69, 9.17) is 10.5 Å². The van der Waals surface area contributed by atoms with E-state index < -0.39 is 0 Å². The van der Waals surface area contributed by atoms with Gasteiger partial charge in [0.05, 0.1) is 12.9 Å². The molecule has 6 heteroatoms. The molecule has 15 heavy (non-hydrogen) atoms. The second-order valence-electron chi connectivity index (χ2n) is 2.76. The summed E-state index contributed by atoms with van der Waals surface area (Å²) in [6, 6.07) is 3.60. The number of rotatable bonds is 4. The smallest absolute Gasteiger partial charge is 0.178 e. The molecule has 0 saturated carbocycles. The molecule has 0 bridgehead atoms. The van der Waals surface area contributed by atoms with E-state index in [1.807, 2.05) is 6.07 Å². The lowest BCUT2D eigenvalue weighted by Crippen LogP contribution is -2.15. The van der Waals surface area contributed by atoms with Crippen LogP contribution in [0, 0.1) is 22.7 Å². The highest BCUT2D eigenvalue weighted by molar-refractivity contribution is 5.79. The molecule has 0 aliphatic carbocycles. The summed E-state index contributed by atoms with van der Waals surface area (Å²) in [5.74, 6) is -0.184. The maximum absolute atomic E-state index is 11.2. The van der Waals surface area contributed by atoms with Crippen LogP contribution in [-0.4, -0.2) is 29.1 Å². The third-order valence-electron chi connectivity index (χ3n) is 1.70. The van der Waals surface area contributed by atoms with E-state index in [0.29, 0.717) is 0 Å². The van der Waals surface area contributed by atoms with Crippen molar-refractivity contribution in [3.63, 3.8) is 0 Å². The Morgan fingerprint density at radius 1 is 1.60 bits per heavy atom. The largest absolute Gasteiger partial charge is 0.377 e. The van der Waals surface area contributed by atoms with Gasteiger partial charge in [0.15, 0.2) is 17.2 Å². The van der Waals surface area contributed by atoms with E-state index in [0.717, 1.165) is 0 Å². The van der Waals surface area contributed by atoms with E-state index in [2.05, 4.69) is 9.72 Å².